The fourth-order valence-corrected chi connectivity index (χ4v) is 2.33. The number of hydrogen-bond acceptors (Lipinski definition) is 2. The van der Waals surface area contributed by atoms with Gasteiger partial charge in [0.25, 0.3) is 0 Å². The van der Waals surface area contributed by atoms with E-state index in [1.165, 1.54) is 12.1 Å². The second kappa shape index (κ2) is 5.48. The standard InChI is InChI=1S/C13H15ClFN3/c1-3-12-16-17-13(14)18(12)9(2)8-10-4-6-11(15)7-5-10/h4-7,9H,3,8H2,1-2H3. The molecule has 0 bridgehead atoms. The number of halogens is 2. The molecule has 1 aromatic heterocycles. The minimum absolute atomic E-state index is 0.146. The van der Waals surface area contributed by atoms with Crippen LogP contribution in [0.2, 0.25) is 5.28 Å². The van der Waals surface area contributed by atoms with Gasteiger partial charge in [-0.05, 0) is 42.6 Å². The third kappa shape index (κ3) is 2.70. The van der Waals surface area contributed by atoms with Crippen molar-refractivity contribution >= 4 is 11.6 Å². The first-order valence-corrected chi connectivity index (χ1v) is 6.33. The summed E-state index contributed by atoms with van der Waals surface area (Å²) in [7, 11) is 0. The van der Waals surface area contributed by atoms with Gasteiger partial charge in [0, 0.05) is 12.5 Å². The molecule has 5 heteroatoms. The lowest BCUT2D eigenvalue weighted by Gasteiger charge is -2.16. The Labute approximate surface area is 111 Å². The van der Waals surface area contributed by atoms with Crippen LogP contribution < -0.4 is 0 Å². The van der Waals surface area contributed by atoms with Crippen molar-refractivity contribution in [3.8, 4) is 0 Å². The zero-order valence-corrected chi connectivity index (χ0v) is 11.2. The molecule has 1 heterocycles. The normalized spacial score (nSPS) is 12.7. The van der Waals surface area contributed by atoms with Crippen LogP contribution in [0, 0.1) is 5.82 Å². The molecule has 0 spiro atoms. The van der Waals surface area contributed by atoms with Crippen LogP contribution >= 0.6 is 11.6 Å². The Morgan fingerprint density at radius 3 is 2.56 bits per heavy atom. The molecule has 1 aromatic carbocycles. The minimum Gasteiger partial charge on any atom is -0.299 e. The SMILES string of the molecule is CCc1nnc(Cl)n1C(C)Cc1ccc(F)cc1. The fraction of sp³-hybridized carbons (Fsp3) is 0.385. The molecule has 2 aromatic rings. The van der Waals surface area contributed by atoms with Crippen molar-refractivity contribution in [1.82, 2.24) is 14.8 Å². The predicted molar refractivity (Wildman–Crippen MR) is 69.2 cm³/mol. The monoisotopic (exact) mass is 267 g/mol. The van der Waals surface area contributed by atoms with Crippen LogP contribution in [0.1, 0.15) is 31.3 Å². The molecule has 1 atom stereocenters. The first-order valence-electron chi connectivity index (χ1n) is 5.95. The van der Waals surface area contributed by atoms with Crippen molar-refractivity contribution in [2.24, 2.45) is 0 Å². The highest BCUT2D eigenvalue weighted by Gasteiger charge is 2.15. The van der Waals surface area contributed by atoms with Crippen molar-refractivity contribution in [3.05, 3.63) is 46.8 Å². The van der Waals surface area contributed by atoms with Crippen LogP contribution in [0.4, 0.5) is 4.39 Å². The third-order valence-electron chi connectivity index (χ3n) is 2.93. The molecule has 0 N–H and O–H groups in total. The Morgan fingerprint density at radius 2 is 1.94 bits per heavy atom. The zero-order valence-electron chi connectivity index (χ0n) is 10.4. The molecule has 0 amide bonds. The summed E-state index contributed by atoms with van der Waals surface area (Å²) >= 11 is 6.04. The lowest BCUT2D eigenvalue weighted by atomic mass is 10.1. The fourth-order valence-electron chi connectivity index (χ4n) is 2.03. The maximum Gasteiger partial charge on any atom is 0.225 e. The van der Waals surface area contributed by atoms with Gasteiger partial charge in [0.15, 0.2) is 0 Å². The van der Waals surface area contributed by atoms with Crippen molar-refractivity contribution < 1.29 is 4.39 Å². The quantitative estimate of drug-likeness (QED) is 0.850. The zero-order chi connectivity index (χ0) is 13.1. The van der Waals surface area contributed by atoms with Gasteiger partial charge in [-0.2, -0.15) is 0 Å². The third-order valence-corrected chi connectivity index (χ3v) is 3.18. The average molecular weight is 268 g/mol. The largest absolute Gasteiger partial charge is 0.299 e. The van der Waals surface area contributed by atoms with Crippen molar-refractivity contribution in [3.63, 3.8) is 0 Å². The molecule has 0 aliphatic carbocycles. The molecular formula is C13H15ClFN3. The molecule has 0 fully saturated rings. The van der Waals surface area contributed by atoms with Gasteiger partial charge in [-0.1, -0.05) is 19.1 Å². The summed E-state index contributed by atoms with van der Waals surface area (Å²) in [4.78, 5) is 0. The van der Waals surface area contributed by atoms with E-state index in [2.05, 4.69) is 17.1 Å². The molecular weight excluding hydrogens is 253 g/mol. The van der Waals surface area contributed by atoms with E-state index in [1.807, 2.05) is 11.5 Å². The Bertz CT molecular complexity index is 522. The highest BCUT2D eigenvalue weighted by atomic mass is 35.5. The lowest BCUT2D eigenvalue weighted by molar-refractivity contribution is 0.522. The summed E-state index contributed by atoms with van der Waals surface area (Å²) < 4.78 is 14.8. The van der Waals surface area contributed by atoms with Gasteiger partial charge in [0.2, 0.25) is 5.28 Å². The summed E-state index contributed by atoms with van der Waals surface area (Å²) in [6, 6.07) is 6.66. The van der Waals surface area contributed by atoms with E-state index >= 15 is 0 Å². The highest BCUT2D eigenvalue weighted by molar-refractivity contribution is 6.28. The van der Waals surface area contributed by atoms with Crippen LogP contribution in [-0.2, 0) is 12.8 Å². The van der Waals surface area contributed by atoms with E-state index in [0.717, 1.165) is 24.2 Å². The number of hydrogen-bond donors (Lipinski definition) is 0. The minimum atomic E-state index is -0.219. The summed E-state index contributed by atoms with van der Waals surface area (Å²) in [5.41, 5.74) is 1.07. The second-order valence-corrected chi connectivity index (χ2v) is 4.63. The summed E-state index contributed by atoms with van der Waals surface area (Å²) in [5.74, 6) is 0.651. The van der Waals surface area contributed by atoms with E-state index in [0.29, 0.717) is 5.28 Å². The van der Waals surface area contributed by atoms with Gasteiger partial charge < -0.3 is 0 Å². The molecule has 1 unspecified atom stereocenters. The number of aryl methyl sites for hydroxylation is 1. The smallest absolute Gasteiger partial charge is 0.225 e. The van der Waals surface area contributed by atoms with Crippen LogP contribution in [0.3, 0.4) is 0 Å². The highest BCUT2D eigenvalue weighted by Crippen LogP contribution is 2.20. The summed E-state index contributed by atoms with van der Waals surface area (Å²) in [5, 5.41) is 8.32. The Balaban J connectivity index is 2.18. The average Bonchev–Trinajstić information content (AvgIpc) is 2.73. The van der Waals surface area contributed by atoms with E-state index in [-0.39, 0.29) is 11.9 Å². The van der Waals surface area contributed by atoms with Gasteiger partial charge in [-0.25, -0.2) is 4.39 Å². The number of rotatable bonds is 4. The molecule has 2 rings (SSSR count). The molecule has 0 saturated heterocycles. The Morgan fingerprint density at radius 1 is 1.28 bits per heavy atom. The van der Waals surface area contributed by atoms with E-state index in [4.69, 9.17) is 11.6 Å². The van der Waals surface area contributed by atoms with E-state index < -0.39 is 0 Å². The second-order valence-electron chi connectivity index (χ2n) is 4.29. The molecule has 0 saturated carbocycles. The van der Waals surface area contributed by atoms with Crippen LogP contribution in [0.5, 0.6) is 0 Å². The number of aromatic nitrogens is 3. The Hall–Kier alpha value is -1.42. The first kappa shape index (κ1) is 13.0. The van der Waals surface area contributed by atoms with Crippen molar-refractivity contribution in [1.29, 1.82) is 0 Å². The van der Waals surface area contributed by atoms with Crippen LogP contribution in [0.25, 0.3) is 0 Å². The molecule has 96 valence electrons. The molecule has 0 radical (unpaired) electrons. The topological polar surface area (TPSA) is 30.7 Å². The summed E-state index contributed by atoms with van der Waals surface area (Å²) in [6.45, 7) is 4.07. The first-order chi connectivity index (χ1) is 8.61. The van der Waals surface area contributed by atoms with Gasteiger partial charge in [0.05, 0.1) is 0 Å². The maximum absolute atomic E-state index is 12.8. The van der Waals surface area contributed by atoms with E-state index in [1.54, 1.807) is 12.1 Å². The van der Waals surface area contributed by atoms with Crippen molar-refractivity contribution in [2.45, 2.75) is 32.7 Å². The van der Waals surface area contributed by atoms with Crippen molar-refractivity contribution in [2.75, 3.05) is 0 Å². The number of benzene rings is 1. The van der Waals surface area contributed by atoms with E-state index in [9.17, 15) is 4.39 Å². The molecule has 0 aliphatic heterocycles. The molecule has 18 heavy (non-hydrogen) atoms. The Kier molecular flexibility index (Phi) is 3.97. The van der Waals surface area contributed by atoms with Crippen LogP contribution in [-0.4, -0.2) is 14.8 Å². The van der Waals surface area contributed by atoms with Crippen LogP contribution in [0.15, 0.2) is 24.3 Å². The molecule has 3 nitrogen and oxygen atoms in total. The van der Waals surface area contributed by atoms with Gasteiger partial charge in [-0.3, -0.25) is 4.57 Å². The summed E-state index contributed by atoms with van der Waals surface area (Å²) in [6.07, 6.45) is 1.55. The van der Waals surface area contributed by atoms with Gasteiger partial charge in [-0.15, -0.1) is 10.2 Å². The predicted octanol–water partition coefficient (Wildman–Crippen LogP) is 3.44. The maximum atomic E-state index is 12.8. The molecule has 0 aliphatic rings. The van der Waals surface area contributed by atoms with Gasteiger partial charge >= 0.3 is 0 Å². The lowest BCUT2D eigenvalue weighted by Crippen LogP contribution is -2.11. The number of nitrogens with zero attached hydrogens (tertiary/aromatic N) is 3. The van der Waals surface area contributed by atoms with Gasteiger partial charge in [0.1, 0.15) is 11.6 Å².